The van der Waals surface area contributed by atoms with Gasteiger partial charge in [-0.2, -0.15) is 0 Å². The van der Waals surface area contributed by atoms with E-state index in [0.29, 0.717) is 6.10 Å². The van der Waals surface area contributed by atoms with E-state index in [1.807, 2.05) is 6.92 Å². The highest BCUT2D eigenvalue weighted by atomic mass is 16.6. The highest BCUT2D eigenvalue weighted by molar-refractivity contribution is 4.95. The van der Waals surface area contributed by atoms with Crippen LogP contribution in [0.1, 0.15) is 46.0 Å². The molecule has 5 unspecified atom stereocenters. The van der Waals surface area contributed by atoms with Gasteiger partial charge in [-0.1, -0.05) is 19.8 Å². The highest BCUT2D eigenvalue weighted by Gasteiger charge is 2.41. The van der Waals surface area contributed by atoms with E-state index in [-0.39, 0.29) is 18.2 Å². The van der Waals surface area contributed by atoms with Gasteiger partial charge >= 0.3 is 0 Å². The van der Waals surface area contributed by atoms with Gasteiger partial charge in [0, 0.05) is 12.6 Å². The SMILES string of the molecule is CCOC1C(N)CC1OC1CCCC(C)C1. The minimum atomic E-state index is 0.141. The molecule has 0 aromatic rings. The van der Waals surface area contributed by atoms with E-state index >= 15 is 0 Å². The van der Waals surface area contributed by atoms with Crippen molar-refractivity contribution in [3.05, 3.63) is 0 Å². The lowest BCUT2D eigenvalue weighted by atomic mass is 9.84. The topological polar surface area (TPSA) is 44.5 Å². The summed E-state index contributed by atoms with van der Waals surface area (Å²) in [5.41, 5.74) is 5.93. The van der Waals surface area contributed by atoms with E-state index in [4.69, 9.17) is 15.2 Å². The third-order valence-electron chi connectivity index (χ3n) is 3.91. The maximum Gasteiger partial charge on any atom is 0.0988 e. The first-order valence-electron chi connectivity index (χ1n) is 6.73. The maximum atomic E-state index is 6.13. The lowest BCUT2D eigenvalue weighted by molar-refractivity contribution is -0.166. The molecule has 2 aliphatic carbocycles. The Kier molecular flexibility index (Phi) is 4.22. The normalized spacial score (nSPS) is 44.1. The molecule has 0 saturated heterocycles. The van der Waals surface area contributed by atoms with Crippen molar-refractivity contribution < 1.29 is 9.47 Å². The molecule has 0 amide bonds. The zero-order valence-corrected chi connectivity index (χ0v) is 10.5. The minimum Gasteiger partial charge on any atom is -0.374 e. The van der Waals surface area contributed by atoms with Crippen LogP contribution in [-0.2, 0) is 9.47 Å². The zero-order valence-electron chi connectivity index (χ0n) is 10.5. The Morgan fingerprint density at radius 3 is 2.69 bits per heavy atom. The molecule has 0 aliphatic heterocycles. The van der Waals surface area contributed by atoms with Crippen LogP contribution in [0.25, 0.3) is 0 Å². The summed E-state index contributed by atoms with van der Waals surface area (Å²) in [6.45, 7) is 5.08. The number of rotatable bonds is 4. The molecule has 5 atom stereocenters. The molecule has 0 spiro atoms. The molecule has 0 radical (unpaired) electrons. The first kappa shape index (κ1) is 12.3. The van der Waals surface area contributed by atoms with Gasteiger partial charge in [0.1, 0.15) is 0 Å². The van der Waals surface area contributed by atoms with Gasteiger partial charge in [0.2, 0.25) is 0 Å². The smallest absolute Gasteiger partial charge is 0.0988 e. The average molecular weight is 227 g/mol. The van der Waals surface area contributed by atoms with E-state index in [1.54, 1.807) is 0 Å². The highest BCUT2D eigenvalue weighted by Crippen LogP contribution is 2.32. The van der Waals surface area contributed by atoms with Crippen molar-refractivity contribution >= 4 is 0 Å². The van der Waals surface area contributed by atoms with Crippen LogP contribution in [0.3, 0.4) is 0 Å². The molecule has 16 heavy (non-hydrogen) atoms. The summed E-state index contributed by atoms with van der Waals surface area (Å²) in [6, 6.07) is 0.186. The molecular weight excluding hydrogens is 202 g/mol. The average Bonchev–Trinajstić information content (AvgIpc) is 2.26. The first-order valence-corrected chi connectivity index (χ1v) is 6.73. The number of nitrogens with two attached hydrogens (primary N) is 1. The van der Waals surface area contributed by atoms with E-state index in [1.165, 1.54) is 25.7 Å². The summed E-state index contributed by atoms with van der Waals surface area (Å²) in [6.07, 6.45) is 6.91. The van der Waals surface area contributed by atoms with Crippen LogP contribution in [0.2, 0.25) is 0 Å². The largest absolute Gasteiger partial charge is 0.374 e. The van der Waals surface area contributed by atoms with Crippen LogP contribution in [0, 0.1) is 5.92 Å². The quantitative estimate of drug-likeness (QED) is 0.800. The van der Waals surface area contributed by atoms with Gasteiger partial charge in [-0.3, -0.25) is 0 Å². The van der Waals surface area contributed by atoms with Crippen LogP contribution < -0.4 is 5.73 Å². The summed E-state index contributed by atoms with van der Waals surface area (Å²) in [5, 5.41) is 0. The molecule has 2 N–H and O–H groups in total. The van der Waals surface area contributed by atoms with E-state index in [9.17, 15) is 0 Å². The third-order valence-corrected chi connectivity index (χ3v) is 3.91. The Bertz CT molecular complexity index is 222. The van der Waals surface area contributed by atoms with Crippen molar-refractivity contribution in [1.29, 1.82) is 0 Å². The zero-order chi connectivity index (χ0) is 11.5. The molecule has 2 rings (SSSR count). The molecule has 0 heterocycles. The molecule has 2 aliphatic rings. The van der Waals surface area contributed by atoms with E-state index in [2.05, 4.69) is 6.92 Å². The summed E-state index contributed by atoms with van der Waals surface area (Å²) < 4.78 is 11.7. The Balaban J connectivity index is 1.76. The van der Waals surface area contributed by atoms with E-state index in [0.717, 1.165) is 18.9 Å². The first-order chi connectivity index (χ1) is 7.70. The molecular formula is C13H25NO2. The fourth-order valence-corrected chi connectivity index (χ4v) is 2.92. The molecule has 3 nitrogen and oxygen atoms in total. The third kappa shape index (κ3) is 2.76. The maximum absolute atomic E-state index is 6.13. The fourth-order valence-electron chi connectivity index (χ4n) is 2.92. The molecule has 94 valence electrons. The van der Waals surface area contributed by atoms with Gasteiger partial charge in [0.15, 0.2) is 0 Å². The second-order valence-electron chi connectivity index (χ2n) is 5.39. The summed E-state index contributed by atoms with van der Waals surface area (Å²) in [7, 11) is 0. The van der Waals surface area contributed by atoms with Crippen LogP contribution >= 0.6 is 0 Å². The second-order valence-corrected chi connectivity index (χ2v) is 5.39. The molecule has 0 bridgehead atoms. The number of hydrogen-bond acceptors (Lipinski definition) is 3. The predicted octanol–water partition coefficient (Wildman–Crippen LogP) is 2.09. The van der Waals surface area contributed by atoms with Crippen LogP contribution in [0.5, 0.6) is 0 Å². The Morgan fingerprint density at radius 1 is 1.25 bits per heavy atom. The summed E-state index contributed by atoms with van der Waals surface area (Å²) in [5.74, 6) is 0.818. The van der Waals surface area contributed by atoms with Crippen molar-refractivity contribution in [2.45, 2.75) is 70.3 Å². The van der Waals surface area contributed by atoms with Crippen molar-refractivity contribution in [3.63, 3.8) is 0 Å². The standard InChI is InChI=1S/C13H25NO2/c1-3-15-13-11(14)8-12(13)16-10-6-4-5-9(2)7-10/h9-13H,3-8,14H2,1-2H3. The monoisotopic (exact) mass is 227 g/mol. The van der Waals surface area contributed by atoms with Gasteiger partial charge in [-0.15, -0.1) is 0 Å². The Labute approximate surface area is 98.7 Å². The van der Waals surface area contributed by atoms with Crippen molar-refractivity contribution in [2.75, 3.05) is 6.61 Å². The summed E-state index contributed by atoms with van der Waals surface area (Å²) >= 11 is 0. The molecule has 0 aromatic carbocycles. The van der Waals surface area contributed by atoms with Crippen molar-refractivity contribution in [3.8, 4) is 0 Å². The Morgan fingerprint density at radius 2 is 2.06 bits per heavy atom. The van der Waals surface area contributed by atoms with Gasteiger partial charge in [-0.05, 0) is 32.1 Å². The Hall–Kier alpha value is -0.120. The van der Waals surface area contributed by atoms with Crippen LogP contribution in [0.4, 0.5) is 0 Å². The minimum absolute atomic E-state index is 0.141. The molecule has 0 aromatic heterocycles. The molecule has 2 fully saturated rings. The van der Waals surface area contributed by atoms with Crippen LogP contribution in [-0.4, -0.2) is 31.0 Å². The van der Waals surface area contributed by atoms with E-state index < -0.39 is 0 Å². The lowest BCUT2D eigenvalue weighted by Crippen LogP contribution is -2.59. The number of hydrogen-bond donors (Lipinski definition) is 1. The molecule has 3 heteroatoms. The second kappa shape index (κ2) is 5.48. The van der Waals surface area contributed by atoms with Gasteiger partial charge in [-0.25, -0.2) is 0 Å². The predicted molar refractivity (Wildman–Crippen MR) is 64.3 cm³/mol. The van der Waals surface area contributed by atoms with Crippen LogP contribution in [0.15, 0.2) is 0 Å². The lowest BCUT2D eigenvalue weighted by Gasteiger charge is -2.44. The number of ether oxygens (including phenoxy) is 2. The van der Waals surface area contributed by atoms with Gasteiger partial charge in [0.05, 0.1) is 18.3 Å². The summed E-state index contributed by atoms with van der Waals surface area (Å²) in [4.78, 5) is 0. The van der Waals surface area contributed by atoms with Crippen molar-refractivity contribution in [2.24, 2.45) is 11.7 Å². The van der Waals surface area contributed by atoms with Gasteiger partial charge < -0.3 is 15.2 Å². The molecule has 2 saturated carbocycles. The fraction of sp³-hybridized carbons (Fsp3) is 1.00. The van der Waals surface area contributed by atoms with Gasteiger partial charge in [0.25, 0.3) is 0 Å². The van der Waals surface area contributed by atoms with Crippen molar-refractivity contribution in [1.82, 2.24) is 0 Å².